The standard InChI is InChI=1S/C29H22F6N4S/c30-28(31,32)20-15-21(29(33,34)35)17-22(16-20)37-27(40)39-25(19-11-5-2-6-12-19)24(18-9-3-1-4-10-18)38-26(39)23-13-7-8-14-36-23/h1-17,24-26,38H,(H,37,40)/t24-,25-,26+/m1/s1. The third-order valence-electron chi connectivity index (χ3n) is 6.57. The minimum absolute atomic E-state index is 0.0668. The average Bonchev–Trinajstić information content (AvgIpc) is 3.34. The second-order valence-electron chi connectivity index (χ2n) is 9.20. The number of pyridine rings is 1. The third kappa shape index (κ3) is 5.80. The van der Waals surface area contributed by atoms with Gasteiger partial charge < -0.3 is 10.2 Å². The lowest BCUT2D eigenvalue weighted by atomic mass is 9.94. The molecule has 40 heavy (non-hydrogen) atoms. The van der Waals surface area contributed by atoms with Gasteiger partial charge >= 0.3 is 12.4 Å². The molecule has 4 nitrogen and oxygen atoms in total. The van der Waals surface area contributed by atoms with Crippen molar-refractivity contribution < 1.29 is 26.3 Å². The number of halogens is 6. The fourth-order valence-electron chi connectivity index (χ4n) is 4.83. The molecule has 0 amide bonds. The molecule has 2 N–H and O–H groups in total. The van der Waals surface area contributed by atoms with Gasteiger partial charge in [0.25, 0.3) is 0 Å². The van der Waals surface area contributed by atoms with Gasteiger partial charge in [-0.15, -0.1) is 0 Å². The van der Waals surface area contributed by atoms with E-state index in [9.17, 15) is 26.3 Å². The Hall–Kier alpha value is -3.96. The summed E-state index contributed by atoms with van der Waals surface area (Å²) in [4.78, 5) is 6.19. The van der Waals surface area contributed by atoms with Gasteiger partial charge in [-0.1, -0.05) is 66.7 Å². The van der Waals surface area contributed by atoms with Crippen molar-refractivity contribution in [3.8, 4) is 0 Å². The Morgan fingerprint density at radius 2 is 1.30 bits per heavy atom. The van der Waals surface area contributed by atoms with Crippen LogP contribution in [0.25, 0.3) is 0 Å². The summed E-state index contributed by atoms with van der Waals surface area (Å²) in [6.45, 7) is 0. The maximum Gasteiger partial charge on any atom is 0.416 e. The molecule has 3 atom stereocenters. The summed E-state index contributed by atoms with van der Waals surface area (Å²) in [6, 6.07) is 24.6. The van der Waals surface area contributed by atoms with E-state index < -0.39 is 41.4 Å². The van der Waals surface area contributed by atoms with Crippen LogP contribution in [0.1, 0.15) is 46.2 Å². The highest BCUT2D eigenvalue weighted by Crippen LogP contribution is 2.46. The molecule has 1 aromatic heterocycles. The maximum absolute atomic E-state index is 13.5. The van der Waals surface area contributed by atoms with Crippen LogP contribution in [0.15, 0.2) is 103 Å². The number of thiocarbonyl (C=S) groups is 1. The van der Waals surface area contributed by atoms with Crippen LogP contribution in [0, 0.1) is 0 Å². The normalized spacial score (nSPS) is 19.4. The predicted molar refractivity (Wildman–Crippen MR) is 143 cm³/mol. The molecule has 1 saturated heterocycles. The Labute approximate surface area is 231 Å². The molecule has 0 aliphatic carbocycles. The van der Waals surface area contributed by atoms with Crippen LogP contribution in [-0.4, -0.2) is 15.0 Å². The van der Waals surface area contributed by atoms with Crippen molar-refractivity contribution in [3.05, 3.63) is 131 Å². The minimum Gasteiger partial charge on any atom is -0.333 e. The van der Waals surface area contributed by atoms with Crippen LogP contribution in [0.4, 0.5) is 32.0 Å². The first kappa shape index (κ1) is 27.6. The van der Waals surface area contributed by atoms with Gasteiger partial charge in [0.2, 0.25) is 0 Å². The Morgan fingerprint density at radius 3 is 1.82 bits per heavy atom. The molecule has 0 spiro atoms. The Balaban J connectivity index is 1.61. The summed E-state index contributed by atoms with van der Waals surface area (Å²) in [5.74, 6) is 0. The number of anilines is 1. The van der Waals surface area contributed by atoms with E-state index in [1.165, 1.54) is 0 Å². The van der Waals surface area contributed by atoms with E-state index >= 15 is 0 Å². The maximum atomic E-state index is 13.5. The molecule has 5 rings (SSSR count). The van der Waals surface area contributed by atoms with Crippen molar-refractivity contribution in [2.45, 2.75) is 30.6 Å². The summed E-state index contributed by atoms with van der Waals surface area (Å²) in [7, 11) is 0. The number of hydrogen-bond acceptors (Lipinski definition) is 3. The number of aromatic nitrogens is 1. The zero-order valence-electron chi connectivity index (χ0n) is 20.6. The highest BCUT2D eigenvalue weighted by molar-refractivity contribution is 7.80. The molecule has 1 aliphatic rings. The van der Waals surface area contributed by atoms with Gasteiger partial charge in [-0.05, 0) is 53.7 Å². The molecule has 206 valence electrons. The Morgan fingerprint density at radius 1 is 0.750 bits per heavy atom. The average molecular weight is 573 g/mol. The summed E-state index contributed by atoms with van der Waals surface area (Å²) in [6.07, 6.45) is -9.03. The van der Waals surface area contributed by atoms with Crippen LogP contribution in [0.2, 0.25) is 0 Å². The molecule has 2 heterocycles. The Kier molecular flexibility index (Phi) is 7.52. The molecular weight excluding hydrogens is 550 g/mol. The number of alkyl halides is 6. The van der Waals surface area contributed by atoms with Crippen molar-refractivity contribution in [2.24, 2.45) is 0 Å². The molecule has 0 radical (unpaired) electrons. The molecular formula is C29H22F6N4S. The summed E-state index contributed by atoms with van der Waals surface area (Å²) < 4.78 is 81.1. The largest absolute Gasteiger partial charge is 0.416 e. The number of nitrogens with one attached hydrogen (secondary N) is 2. The van der Waals surface area contributed by atoms with E-state index in [0.29, 0.717) is 17.8 Å². The van der Waals surface area contributed by atoms with Crippen LogP contribution >= 0.6 is 12.2 Å². The van der Waals surface area contributed by atoms with Crippen molar-refractivity contribution in [2.75, 3.05) is 5.32 Å². The van der Waals surface area contributed by atoms with Crippen LogP contribution in [0.5, 0.6) is 0 Å². The monoisotopic (exact) mass is 572 g/mol. The predicted octanol–water partition coefficient (Wildman–Crippen LogP) is 7.90. The zero-order valence-corrected chi connectivity index (χ0v) is 21.4. The van der Waals surface area contributed by atoms with Crippen molar-refractivity contribution in [1.29, 1.82) is 0 Å². The Bertz CT molecular complexity index is 1430. The highest BCUT2D eigenvalue weighted by atomic mass is 32.1. The van der Waals surface area contributed by atoms with Crippen LogP contribution in [0.3, 0.4) is 0 Å². The van der Waals surface area contributed by atoms with Crippen molar-refractivity contribution in [3.63, 3.8) is 0 Å². The number of rotatable bonds is 4. The smallest absolute Gasteiger partial charge is 0.333 e. The fraction of sp³-hybridized carbons (Fsp3) is 0.172. The van der Waals surface area contributed by atoms with Crippen molar-refractivity contribution in [1.82, 2.24) is 15.2 Å². The van der Waals surface area contributed by atoms with Gasteiger partial charge in [0.05, 0.1) is 28.9 Å². The lowest BCUT2D eigenvalue weighted by Gasteiger charge is -2.33. The van der Waals surface area contributed by atoms with Gasteiger partial charge in [-0.25, -0.2) is 0 Å². The van der Waals surface area contributed by atoms with Gasteiger partial charge in [0.1, 0.15) is 6.17 Å². The SMILES string of the molecule is FC(F)(F)c1cc(NC(=S)N2[C@@H](c3ccccn3)N[C@H](c3ccccc3)[C@H]2c2ccccc2)cc(C(F)(F)F)c1. The number of hydrogen-bond donors (Lipinski definition) is 2. The molecule has 11 heteroatoms. The molecule has 0 saturated carbocycles. The lowest BCUT2D eigenvalue weighted by molar-refractivity contribution is -0.143. The summed E-state index contributed by atoms with van der Waals surface area (Å²) >= 11 is 5.71. The molecule has 0 bridgehead atoms. The quantitative estimate of drug-likeness (QED) is 0.192. The van der Waals surface area contributed by atoms with Crippen LogP contribution < -0.4 is 10.6 Å². The van der Waals surface area contributed by atoms with Crippen molar-refractivity contribution >= 4 is 23.0 Å². The topological polar surface area (TPSA) is 40.2 Å². The number of nitrogens with zero attached hydrogens (tertiary/aromatic N) is 2. The second-order valence-corrected chi connectivity index (χ2v) is 9.59. The van der Waals surface area contributed by atoms with E-state index in [-0.39, 0.29) is 17.2 Å². The van der Waals surface area contributed by atoms with Gasteiger partial charge in [-0.2, -0.15) is 26.3 Å². The first-order valence-corrected chi connectivity index (χ1v) is 12.6. The van der Waals surface area contributed by atoms with E-state index in [1.54, 1.807) is 29.3 Å². The molecule has 3 aromatic carbocycles. The van der Waals surface area contributed by atoms with Gasteiger partial charge in [-0.3, -0.25) is 10.3 Å². The van der Waals surface area contributed by atoms with Crippen LogP contribution in [-0.2, 0) is 12.4 Å². The summed E-state index contributed by atoms with van der Waals surface area (Å²) in [5.41, 5.74) is -0.967. The zero-order chi connectivity index (χ0) is 28.5. The first-order chi connectivity index (χ1) is 19.0. The summed E-state index contributed by atoms with van der Waals surface area (Å²) in [5, 5.41) is 6.14. The third-order valence-corrected chi connectivity index (χ3v) is 6.89. The molecule has 4 aromatic rings. The minimum atomic E-state index is -4.99. The second kappa shape index (κ2) is 10.9. The highest BCUT2D eigenvalue weighted by Gasteiger charge is 2.45. The first-order valence-electron chi connectivity index (χ1n) is 12.2. The molecule has 0 unspecified atom stereocenters. The fourth-order valence-corrected chi connectivity index (χ4v) is 5.17. The van der Waals surface area contributed by atoms with E-state index in [4.69, 9.17) is 12.2 Å². The number of benzene rings is 3. The lowest BCUT2D eigenvalue weighted by Crippen LogP contribution is -2.38. The van der Waals surface area contributed by atoms with E-state index in [1.807, 2.05) is 60.7 Å². The van der Waals surface area contributed by atoms with E-state index in [2.05, 4.69) is 15.6 Å². The van der Waals surface area contributed by atoms with E-state index in [0.717, 1.165) is 11.1 Å². The molecule has 1 aliphatic heterocycles. The molecule has 1 fully saturated rings. The van der Waals surface area contributed by atoms with Gasteiger partial charge in [0, 0.05) is 11.9 Å². The van der Waals surface area contributed by atoms with Gasteiger partial charge in [0.15, 0.2) is 5.11 Å².